The third-order valence-electron chi connectivity index (χ3n) is 5.25. The smallest absolute Gasteiger partial charge is 0.223 e. The Morgan fingerprint density at radius 2 is 2.03 bits per heavy atom. The predicted molar refractivity (Wildman–Crippen MR) is 129 cm³/mol. The van der Waals surface area contributed by atoms with Gasteiger partial charge in [0.25, 0.3) is 0 Å². The molecule has 32 heavy (non-hydrogen) atoms. The van der Waals surface area contributed by atoms with Gasteiger partial charge in [-0.15, -0.1) is 0 Å². The van der Waals surface area contributed by atoms with Crippen molar-refractivity contribution in [2.45, 2.75) is 19.3 Å². The van der Waals surface area contributed by atoms with Gasteiger partial charge in [-0.3, -0.25) is 4.79 Å². The lowest BCUT2D eigenvalue weighted by atomic mass is 10.1. The van der Waals surface area contributed by atoms with Crippen molar-refractivity contribution in [3.05, 3.63) is 78.1 Å². The summed E-state index contributed by atoms with van der Waals surface area (Å²) >= 11 is 0. The average molecular weight is 433 g/mol. The number of likely N-dealkylation sites (N-methyl/N-ethyl adjacent to an activating group) is 1. The number of nitrogens with zero attached hydrogens (tertiary/aromatic N) is 2. The fourth-order valence-corrected chi connectivity index (χ4v) is 3.39. The lowest BCUT2D eigenvalue weighted by molar-refractivity contribution is -0.120. The van der Waals surface area contributed by atoms with Crippen LogP contribution in [0.1, 0.15) is 24.0 Å². The summed E-state index contributed by atoms with van der Waals surface area (Å²) in [5.41, 5.74) is 3.37. The van der Waals surface area contributed by atoms with Crippen LogP contribution in [0.3, 0.4) is 0 Å². The molecule has 3 aromatic rings. The first-order chi connectivity index (χ1) is 15.6. The summed E-state index contributed by atoms with van der Waals surface area (Å²) in [6.45, 7) is 2.61. The van der Waals surface area contributed by atoms with Crippen molar-refractivity contribution < 1.29 is 9.53 Å². The summed E-state index contributed by atoms with van der Waals surface area (Å²) in [5, 5.41) is 3.00. The number of benzene rings is 2. The quantitative estimate of drug-likeness (QED) is 0.422. The van der Waals surface area contributed by atoms with Crippen LogP contribution in [-0.4, -0.2) is 54.6 Å². The lowest BCUT2D eigenvalue weighted by Gasteiger charge is -2.16. The summed E-state index contributed by atoms with van der Waals surface area (Å²) in [6, 6.07) is 16.3. The number of H-pyrrole nitrogens is 1. The number of ether oxygens (including phenoxy) is 1. The second-order valence-electron chi connectivity index (χ2n) is 7.77. The van der Waals surface area contributed by atoms with E-state index in [9.17, 15) is 4.79 Å². The molecule has 0 fully saturated rings. The van der Waals surface area contributed by atoms with Crippen molar-refractivity contribution >= 4 is 12.0 Å². The molecule has 0 aliphatic carbocycles. The second-order valence-corrected chi connectivity index (χ2v) is 7.77. The topological polar surface area (TPSA) is 70.2 Å². The van der Waals surface area contributed by atoms with Crippen LogP contribution in [0.2, 0.25) is 0 Å². The molecule has 0 radical (unpaired) electrons. The molecule has 0 atom stereocenters. The van der Waals surface area contributed by atoms with Crippen molar-refractivity contribution in [2.24, 2.45) is 0 Å². The van der Waals surface area contributed by atoms with Crippen LogP contribution in [0.5, 0.6) is 5.75 Å². The van der Waals surface area contributed by atoms with Crippen molar-refractivity contribution in [1.29, 1.82) is 0 Å². The zero-order chi connectivity index (χ0) is 22.6. The number of aromatic nitrogens is 2. The Kier molecular flexibility index (Phi) is 9.07. The zero-order valence-electron chi connectivity index (χ0n) is 18.9. The maximum atomic E-state index is 12.1. The molecule has 0 aliphatic heterocycles. The number of nitrogens with one attached hydrogen (secondary N) is 2. The van der Waals surface area contributed by atoms with Crippen LogP contribution in [0.25, 0.3) is 17.5 Å². The van der Waals surface area contributed by atoms with E-state index in [0.717, 1.165) is 48.6 Å². The lowest BCUT2D eigenvalue weighted by Crippen LogP contribution is -2.28. The van der Waals surface area contributed by atoms with Gasteiger partial charge in [0.2, 0.25) is 5.91 Å². The van der Waals surface area contributed by atoms with Crippen molar-refractivity contribution in [1.82, 2.24) is 20.2 Å². The molecule has 3 rings (SSSR count). The molecule has 0 spiro atoms. The van der Waals surface area contributed by atoms with Crippen LogP contribution in [-0.2, 0) is 11.2 Å². The van der Waals surface area contributed by atoms with E-state index in [4.69, 9.17) is 4.74 Å². The Balaban J connectivity index is 1.28. The van der Waals surface area contributed by atoms with Crippen molar-refractivity contribution in [3.63, 3.8) is 0 Å². The van der Waals surface area contributed by atoms with Crippen LogP contribution < -0.4 is 10.1 Å². The summed E-state index contributed by atoms with van der Waals surface area (Å²) in [7, 11) is 3.80. The van der Waals surface area contributed by atoms with Gasteiger partial charge in [-0.25, -0.2) is 4.98 Å². The molecule has 1 heterocycles. The molecule has 6 nitrogen and oxygen atoms in total. The number of rotatable bonds is 12. The van der Waals surface area contributed by atoms with Crippen LogP contribution in [0, 0.1) is 0 Å². The molecule has 168 valence electrons. The van der Waals surface area contributed by atoms with Gasteiger partial charge in [0, 0.05) is 37.5 Å². The molecule has 0 saturated carbocycles. The van der Waals surface area contributed by atoms with Crippen molar-refractivity contribution in [3.8, 4) is 17.1 Å². The molecule has 0 saturated heterocycles. The molecule has 0 unspecified atom stereocenters. The van der Waals surface area contributed by atoms with Gasteiger partial charge >= 0.3 is 0 Å². The molecule has 1 aromatic heterocycles. The standard InChI is InChI=1S/C26H32N4O2/c1-30(19-14-22-7-3-8-24(20-22)32-2)18-5-15-27-25(31)9-4-6-21-10-12-23(13-11-21)26-28-16-17-29-26/h3-4,6-8,10-13,16-17,20H,5,9,14-15,18-19H2,1-2H3,(H,27,31)(H,28,29). The number of carbonyl (C=O) groups is 1. The Bertz CT molecular complexity index is 981. The number of carbonyl (C=O) groups excluding carboxylic acids is 1. The zero-order valence-corrected chi connectivity index (χ0v) is 18.9. The van der Waals surface area contributed by atoms with Gasteiger partial charge in [0.05, 0.1) is 7.11 Å². The first kappa shape index (κ1) is 23.3. The number of imidazole rings is 1. The Morgan fingerprint density at radius 3 is 2.78 bits per heavy atom. The molecule has 6 heteroatoms. The number of methoxy groups -OCH3 is 1. The van der Waals surface area contributed by atoms with E-state index in [-0.39, 0.29) is 5.91 Å². The first-order valence-corrected chi connectivity index (χ1v) is 11.0. The van der Waals surface area contributed by atoms with Gasteiger partial charge in [-0.05, 0) is 49.7 Å². The maximum absolute atomic E-state index is 12.1. The van der Waals surface area contributed by atoms with Crippen LogP contribution >= 0.6 is 0 Å². The Labute approximate surface area is 190 Å². The fraction of sp³-hybridized carbons (Fsp3) is 0.308. The van der Waals surface area contributed by atoms with E-state index < -0.39 is 0 Å². The number of amides is 1. The summed E-state index contributed by atoms with van der Waals surface area (Å²) in [6.07, 6.45) is 9.71. The maximum Gasteiger partial charge on any atom is 0.223 e. The van der Waals surface area contributed by atoms with E-state index >= 15 is 0 Å². The van der Waals surface area contributed by atoms with E-state index in [2.05, 4.69) is 39.4 Å². The molecule has 0 bridgehead atoms. The van der Waals surface area contributed by atoms with Gasteiger partial charge < -0.3 is 19.9 Å². The van der Waals surface area contributed by atoms with E-state index in [1.807, 2.05) is 54.7 Å². The average Bonchev–Trinajstić information content (AvgIpc) is 3.36. The summed E-state index contributed by atoms with van der Waals surface area (Å²) < 4.78 is 5.27. The minimum Gasteiger partial charge on any atom is -0.497 e. The first-order valence-electron chi connectivity index (χ1n) is 11.0. The van der Waals surface area contributed by atoms with Gasteiger partial charge in [0.1, 0.15) is 11.6 Å². The number of hydrogen-bond donors (Lipinski definition) is 2. The fourth-order valence-electron chi connectivity index (χ4n) is 3.39. The molecule has 2 aromatic carbocycles. The van der Waals surface area contributed by atoms with E-state index in [1.165, 1.54) is 5.56 Å². The third-order valence-corrected chi connectivity index (χ3v) is 5.25. The van der Waals surface area contributed by atoms with Crippen LogP contribution in [0.4, 0.5) is 0 Å². The molecular weight excluding hydrogens is 400 g/mol. The largest absolute Gasteiger partial charge is 0.497 e. The van der Waals surface area contributed by atoms with E-state index in [1.54, 1.807) is 13.3 Å². The van der Waals surface area contributed by atoms with Crippen molar-refractivity contribution in [2.75, 3.05) is 33.8 Å². The SMILES string of the molecule is COc1cccc(CCN(C)CCCNC(=O)CC=Cc2ccc(-c3ncc[nH]3)cc2)c1. The normalized spacial score (nSPS) is 11.2. The molecule has 2 N–H and O–H groups in total. The minimum absolute atomic E-state index is 0.0486. The monoisotopic (exact) mass is 432 g/mol. The number of aromatic amines is 1. The second kappa shape index (κ2) is 12.5. The summed E-state index contributed by atoms with van der Waals surface area (Å²) in [4.78, 5) is 21.7. The van der Waals surface area contributed by atoms with Gasteiger partial charge in [0.15, 0.2) is 0 Å². The predicted octanol–water partition coefficient (Wildman–Crippen LogP) is 4.17. The molecule has 1 amide bonds. The summed E-state index contributed by atoms with van der Waals surface area (Å²) in [5.74, 6) is 1.80. The highest BCUT2D eigenvalue weighted by atomic mass is 16.5. The molecule has 0 aliphatic rings. The minimum atomic E-state index is 0.0486. The highest BCUT2D eigenvalue weighted by Gasteiger charge is 2.03. The van der Waals surface area contributed by atoms with E-state index in [0.29, 0.717) is 13.0 Å². The highest BCUT2D eigenvalue weighted by molar-refractivity contribution is 5.78. The third kappa shape index (κ3) is 7.71. The Morgan fingerprint density at radius 1 is 1.19 bits per heavy atom. The molecular formula is C26H32N4O2. The van der Waals surface area contributed by atoms with Gasteiger partial charge in [-0.2, -0.15) is 0 Å². The van der Waals surface area contributed by atoms with Gasteiger partial charge in [-0.1, -0.05) is 48.6 Å². The Hall–Kier alpha value is -3.38. The highest BCUT2D eigenvalue weighted by Crippen LogP contribution is 2.16. The number of hydrogen-bond acceptors (Lipinski definition) is 4. The van der Waals surface area contributed by atoms with Crippen LogP contribution in [0.15, 0.2) is 67.0 Å².